The highest BCUT2D eigenvalue weighted by Crippen LogP contribution is 1.61. The zero-order chi connectivity index (χ0) is 8.57. The van der Waals surface area contributed by atoms with Crippen molar-refractivity contribution < 1.29 is 9.90 Å². The zero-order valence-electron chi connectivity index (χ0n) is 6.80. The Morgan fingerprint density at radius 1 is 1.40 bits per heavy atom. The van der Waals surface area contributed by atoms with Gasteiger partial charge < -0.3 is 10.4 Å². The minimum absolute atomic E-state index is 1.04. The lowest BCUT2D eigenvalue weighted by Crippen LogP contribution is -2.34. The molecule has 0 spiro atoms. The van der Waals surface area contributed by atoms with E-state index in [0.717, 1.165) is 0 Å². The van der Waals surface area contributed by atoms with Crippen LogP contribution in [0.4, 0.5) is 4.79 Å². The highest BCUT2D eigenvalue weighted by atomic mass is 16.4. The lowest BCUT2D eigenvalue weighted by molar-refractivity contribution is 0.165. The van der Waals surface area contributed by atoms with Crippen LogP contribution in [0.25, 0.3) is 0 Å². The Morgan fingerprint density at radius 2 is 1.70 bits per heavy atom. The SMILES string of the molecule is CN(C)NC(=O)O.CNC. The van der Waals surface area contributed by atoms with Gasteiger partial charge in [-0.3, -0.25) is 5.43 Å². The molecule has 0 heterocycles. The molecule has 0 fully saturated rings. The van der Waals surface area contributed by atoms with Gasteiger partial charge >= 0.3 is 6.09 Å². The second-order valence-electron chi connectivity index (χ2n) is 1.81. The van der Waals surface area contributed by atoms with Gasteiger partial charge in [0.1, 0.15) is 0 Å². The van der Waals surface area contributed by atoms with E-state index in [9.17, 15) is 4.79 Å². The van der Waals surface area contributed by atoms with E-state index in [4.69, 9.17) is 5.11 Å². The van der Waals surface area contributed by atoms with E-state index in [0.29, 0.717) is 0 Å². The number of rotatable bonds is 1. The number of nitrogens with zero attached hydrogens (tertiary/aromatic N) is 1. The van der Waals surface area contributed by atoms with Crippen molar-refractivity contribution in [2.75, 3.05) is 28.2 Å². The topological polar surface area (TPSA) is 64.6 Å². The van der Waals surface area contributed by atoms with Crippen LogP contribution in [0.1, 0.15) is 0 Å². The fourth-order valence-corrected chi connectivity index (χ4v) is 0.191. The van der Waals surface area contributed by atoms with E-state index in [1.807, 2.05) is 14.1 Å². The first kappa shape index (κ1) is 11.9. The van der Waals surface area contributed by atoms with Crippen LogP contribution < -0.4 is 10.7 Å². The smallest absolute Gasteiger partial charge is 0.419 e. The average molecular weight is 149 g/mol. The van der Waals surface area contributed by atoms with E-state index in [-0.39, 0.29) is 0 Å². The zero-order valence-corrected chi connectivity index (χ0v) is 6.80. The van der Waals surface area contributed by atoms with Gasteiger partial charge in [-0.15, -0.1) is 0 Å². The molecule has 0 aromatic rings. The first-order valence-electron chi connectivity index (χ1n) is 2.80. The van der Waals surface area contributed by atoms with Gasteiger partial charge in [0, 0.05) is 14.1 Å². The van der Waals surface area contributed by atoms with Crippen LogP contribution in [-0.4, -0.2) is 44.4 Å². The fourth-order valence-electron chi connectivity index (χ4n) is 0.191. The summed E-state index contributed by atoms with van der Waals surface area (Å²) in [6.45, 7) is 0. The third-order valence-corrected chi connectivity index (χ3v) is 0.319. The molecule has 1 amide bonds. The summed E-state index contributed by atoms with van der Waals surface area (Å²) in [6, 6.07) is 0. The summed E-state index contributed by atoms with van der Waals surface area (Å²) in [5.74, 6) is 0. The molecule has 0 aliphatic rings. The number of hydrogen-bond acceptors (Lipinski definition) is 3. The Kier molecular flexibility index (Phi) is 9.77. The van der Waals surface area contributed by atoms with Crippen molar-refractivity contribution in [2.24, 2.45) is 0 Å². The summed E-state index contributed by atoms with van der Waals surface area (Å²) >= 11 is 0. The van der Waals surface area contributed by atoms with Crippen molar-refractivity contribution in [1.82, 2.24) is 15.8 Å². The number of carbonyl (C=O) groups is 1. The minimum Gasteiger partial charge on any atom is -0.464 e. The van der Waals surface area contributed by atoms with Gasteiger partial charge in [0.05, 0.1) is 0 Å². The molecule has 5 nitrogen and oxygen atoms in total. The van der Waals surface area contributed by atoms with Crippen LogP contribution in [0, 0.1) is 0 Å². The molecule has 0 aliphatic carbocycles. The lowest BCUT2D eigenvalue weighted by Gasteiger charge is -2.05. The standard InChI is InChI=1S/C3H8N2O2.C2H7N/c1-5(2)4-3(6)7;1-3-2/h4H,1-2H3,(H,6,7);3H,1-2H3. The molecule has 10 heavy (non-hydrogen) atoms. The molecule has 0 saturated heterocycles. The number of hydrogen-bond donors (Lipinski definition) is 3. The van der Waals surface area contributed by atoms with Crippen molar-refractivity contribution in [2.45, 2.75) is 0 Å². The number of hydrazine groups is 1. The maximum Gasteiger partial charge on any atom is 0.419 e. The molecule has 0 unspecified atom stereocenters. The summed E-state index contributed by atoms with van der Waals surface area (Å²) < 4.78 is 0. The van der Waals surface area contributed by atoms with Gasteiger partial charge in [0.2, 0.25) is 0 Å². The van der Waals surface area contributed by atoms with Crippen molar-refractivity contribution >= 4 is 6.09 Å². The summed E-state index contributed by atoms with van der Waals surface area (Å²) in [5, 5.41) is 12.0. The molecule has 0 aromatic heterocycles. The van der Waals surface area contributed by atoms with Crippen LogP contribution in [0.5, 0.6) is 0 Å². The summed E-state index contributed by atoms with van der Waals surface area (Å²) in [4.78, 5) is 9.66. The van der Waals surface area contributed by atoms with Gasteiger partial charge in [0.15, 0.2) is 0 Å². The first-order valence-corrected chi connectivity index (χ1v) is 2.80. The molecule has 0 aliphatic heterocycles. The largest absolute Gasteiger partial charge is 0.464 e. The predicted molar refractivity (Wildman–Crippen MR) is 39.8 cm³/mol. The number of amides is 1. The molecule has 0 radical (unpaired) electrons. The predicted octanol–water partition coefficient (Wildman–Crippen LogP) is -0.434. The second-order valence-corrected chi connectivity index (χ2v) is 1.81. The van der Waals surface area contributed by atoms with E-state index < -0.39 is 6.09 Å². The monoisotopic (exact) mass is 149 g/mol. The van der Waals surface area contributed by atoms with Crippen molar-refractivity contribution in [1.29, 1.82) is 0 Å². The maximum absolute atomic E-state index is 9.66. The average Bonchev–Trinajstić information content (AvgIpc) is 1.62. The van der Waals surface area contributed by atoms with Gasteiger partial charge in [-0.2, -0.15) is 0 Å². The molecule has 0 aromatic carbocycles. The highest BCUT2D eigenvalue weighted by Gasteiger charge is 1.90. The normalized spacial score (nSPS) is 8.10. The van der Waals surface area contributed by atoms with Crippen LogP contribution in [0.3, 0.4) is 0 Å². The molecule has 0 atom stereocenters. The van der Waals surface area contributed by atoms with E-state index >= 15 is 0 Å². The number of nitrogens with one attached hydrogen (secondary N) is 2. The van der Waals surface area contributed by atoms with Gasteiger partial charge in [-0.1, -0.05) is 0 Å². The van der Waals surface area contributed by atoms with Gasteiger partial charge in [0.25, 0.3) is 0 Å². The highest BCUT2D eigenvalue weighted by molar-refractivity contribution is 5.63. The molecule has 3 N–H and O–H groups in total. The lowest BCUT2D eigenvalue weighted by atomic mass is 11.1. The molecule has 5 heteroatoms. The molecule has 62 valence electrons. The van der Waals surface area contributed by atoms with E-state index in [2.05, 4.69) is 10.7 Å². The van der Waals surface area contributed by atoms with Crippen molar-refractivity contribution in [3.8, 4) is 0 Å². The first-order chi connectivity index (χ1) is 4.54. The van der Waals surface area contributed by atoms with Crippen LogP contribution >= 0.6 is 0 Å². The summed E-state index contributed by atoms with van der Waals surface area (Å²) in [5.41, 5.74) is 2.06. The van der Waals surface area contributed by atoms with Crippen molar-refractivity contribution in [3.05, 3.63) is 0 Å². The van der Waals surface area contributed by atoms with Crippen LogP contribution in [-0.2, 0) is 0 Å². The molecule has 0 rings (SSSR count). The molecule has 0 saturated carbocycles. The molecular formula is C5H15N3O2. The third-order valence-electron chi connectivity index (χ3n) is 0.319. The Bertz CT molecular complexity index is 85.0. The molecular weight excluding hydrogens is 134 g/mol. The number of carboxylic acid groups (broad SMARTS) is 1. The van der Waals surface area contributed by atoms with Gasteiger partial charge in [-0.25, -0.2) is 9.80 Å². The van der Waals surface area contributed by atoms with E-state index in [1.165, 1.54) is 5.01 Å². The fraction of sp³-hybridized carbons (Fsp3) is 0.800. The Balaban J connectivity index is 0. The molecule has 0 bridgehead atoms. The maximum atomic E-state index is 9.66. The quantitative estimate of drug-likeness (QED) is 0.442. The Morgan fingerprint density at radius 3 is 1.70 bits per heavy atom. The van der Waals surface area contributed by atoms with Crippen LogP contribution in [0.2, 0.25) is 0 Å². The summed E-state index contributed by atoms with van der Waals surface area (Å²) in [6.07, 6.45) is -1.04. The Hall–Kier alpha value is -0.810. The van der Waals surface area contributed by atoms with Crippen molar-refractivity contribution in [3.63, 3.8) is 0 Å². The van der Waals surface area contributed by atoms with Gasteiger partial charge in [-0.05, 0) is 14.1 Å². The minimum atomic E-state index is -1.04. The van der Waals surface area contributed by atoms with Crippen LogP contribution in [0.15, 0.2) is 0 Å². The second kappa shape index (κ2) is 8.19. The summed E-state index contributed by atoms with van der Waals surface area (Å²) in [7, 11) is 6.96. The Labute approximate surface area is 61.0 Å². The van der Waals surface area contributed by atoms with E-state index in [1.54, 1.807) is 14.1 Å². The third kappa shape index (κ3) is 27.1.